The molecular formula is C13H16N4O2S. The van der Waals surface area contributed by atoms with Gasteiger partial charge in [-0.05, 0) is 37.3 Å². The van der Waals surface area contributed by atoms with E-state index in [0.29, 0.717) is 18.1 Å². The Balaban J connectivity index is 1.88. The smallest absolute Gasteiger partial charge is 0.263 e. The van der Waals surface area contributed by atoms with E-state index in [-0.39, 0.29) is 16.9 Å². The average Bonchev–Trinajstić information content (AvgIpc) is 3.10. The molecule has 0 spiro atoms. The van der Waals surface area contributed by atoms with Gasteiger partial charge in [-0.1, -0.05) is 6.07 Å². The number of imidazole rings is 1. The highest BCUT2D eigenvalue weighted by molar-refractivity contribution is 7.89. The second-order valence-corrected chi connectivity index (χ2v) is 7.44. The van der Waals surface area contributed by atoms with E-state index >= 15 is 0 Å². The third-order valence-electron chi connectivity index (χ3n) is 4.42. The van der Waals surface area contributed by atoms with Crippen LogP contribution in [0.5, 0.6) is 0 Å². The van der Waals surface area contributed by atoms with Gasteiger partial charge in [0.15, 0.2) is 10.8 Å². The van der Waals surface area contributed by atoms with E-state index in [9.17, 15) is 8.42 Å². The minimum atomic E-state index is -3.57. The summed E-state index contributed by atoms with van der Waals surface area (Å²) in [6, 6.07) is 5.49. The van der Waals surface area contributed by atoms with Crippen LogP contribution in [-0.2, 0) is 10.0 Å². The largest absolute Gasteiger partial charge is 0.381 e. The molecule has 2 aliphatic rings. The van der Waals surface area contributed by atoms with Crippen molar-refractivity contribution in [1.82, 2.24) is 13.7 Å². The zero-order valence-electron chi connectivity index (χ0n) is 10.9. The minimum absolute atomic E-state index is 0.0824. The van der Waals surface area contributed by atoms with Crippen molar-refractivity contribution in [2.75, 3.05) is 12.3 Å². The maximum Gasteiger partial charge on any atom is 0.263 e. The van der Waals surface area contributed by atoms with Crippen molar-refractivity contribution in [2.24, 2.45) is 5.92 Å². The zero-order chi connectivity index (χ0) is 13.9. The summed E-state index contributed by atoms with van der Waals surface area (Å²) in [6.07, 6.45) is 4.77. The lowest BCUT2D eigenvalue weighted by Gasteiger charge is -2.25. The number of nitrogen functional groups attached to an aromatic ring is 1. The molecule has 20 heavy (non-hydrogen) atoms. The fraction of sp³-hybridized carbons (Fsp3) is 0.462. The highest BCUT2D eigenvalue weighted by Crippen LogP contribution is 2.41. The van der Waals surface area contributed by atoms with Crippen LogP contribution in [0.1, 0.15) is 19.3 Å². The molecule has 2 N–H and O–H groups in total. The van der Waals surface area contributed by atoms with Crippen molar-refractivity contribution in [3.63, 3.8) is 0 Å². The van der Waals surface area contributed by atoms with Crippen LogP contribution in [-0.4, -0.2) is 34.7 Å². The molecule has 2 fully saturated rings. The summed E-state index contributed by atoms with van der Waals surface area (Å²) in [7, 11) is -3.57. The number of rotatable bonds is 2. The number of nitrogens with two attached hydrogens (primary N) is 1. The van der Waals surface area contributed by atoms with Crippen molar-refractivity contribution in [3.8, 4) is 0 Å². The zero-order valence-corrected chi connectivity index (χ0v) is 11.8. The molecule has 1 saturated carbocycles. The normalized spacial score (nSPS) is 26.6. The predicted molar refractivity (Wildman–Crippen MR) is 74.6 cm³/mol. The van der Waals surface area contributed by atoms with Gasteiger partial charge in [-0.3, -0.25) is 4.40 Å². The van der Waals surface area contributed by atoms with E-state index in [1.807, 2.05) is 6.07 Å². The Morgan fingerprint density at radius 2 is 2.15 bits per heavy atom. The van der Waals surface area contributed by atoms with E-state index < -0.39 is 10.0 Å². The fourth-order valence-corrected chi connectivity index (χ4v) is 5.46. The van der Waals surface area contributed by atoms with Crippen LogP contribution in [0.3, 0.4) is 0 Å². The lowest BCUT2D eigenvalue weighted by molar-refractivity contribution is 0.332. The molecule has 1 aliphatic heterocycles. The number of fused-ring (bicyclic) bond motifs is 3. The van der Waals surface area contributed by atoms with Crippen molar-refractivity contribution < 1.29 is 8.42 Å². The first-order chi connectivity index (χ1) is 9.57. The summed E-state index contributed by atoms with van der Waals surface area (Å²) in [5.41, 5.74) is 6.43. The van der Waals surface area contributed by atoms with Crippen molar-refractivity contribution in [2.45, 2.75) is 30.3 Å². The molecule has 2 unspecified atom stereocenters. The minimum Gasteiger partial charge on any atom is -0.381 e. The first-order valence-corrected chi connectivity index (χ1v) is 8.26. The number of aromatic nitrogens is 2. The maximum absolute atomic E-state index is 12.9. The maximum atomic E-state index is 12.9. The number of nitrogens with zero attached hydrogens (tertiary/aromatic N) is 3. The van der Waals surface area contributed by atoms with Crippen molar-refractivity contribution >= 4 is 21.5 Å². The summed E-state index contributed by atoms with van der Waals surface area (Å²) in [6.45, 7) is 0.618. The molecule has 106 valence electrons. The monoisotopic (exact) mass is 292 g/mol. The van der Waals surface area contributed by atoms with Crippen LogP contribution in [0.15, 0.2) is 29.4 Å². The van der Waals surface area contributed by atoms with Gasteiger partial charge in [0, 0.05) is 18.8 Å². The lowest BCUT2D eigenvalue weighted by atomic mass is 10.1. The fourth-order valence-electron chi connectivity index (χ4n) is 3.53. The highest BCUT2D eigenvalue weighted by Gasteiger charge is 2.45. The quantitative estimate of drug-likeness (QED) is 0.898. The number of piperidine rings is 1. The van der Waals surface area contributed by atoms with Gasteiger partial charge < -0.3 is 5.73 Å². The molecule has 2 aromatic rings. The standard InChI is InChI=1S/C13H16N4O2S/c14-12-13(16-6-2-1-3-11(16)15-12)20(18,19)17-8-9-4-5-10(17)7-9/h1-3,6,9-10H,4-5,7-8,14H2. The number of anilines is 1. The van der Waals surface area contributed by atoms with Gasteiger partial charge in [0.05, 0.1) is 0 Å². The molecule has 0 radical (unpaired) electrons. The van der Waals surface area contributed by atoms with Gasteiger partial charge in [-0.15, -0.1) is 0 Å². The van der Waals surface area contributed by atoms with E-state index in [4.69, 9.17) is 5.73 Å². The Hall–Kier alpha value is -1.60. The molecule has 7 heteroatoms. The molecule has 1 saturated heterocycles. The molecule has 0 amide bonds. The van der Waals surface area contributed by atoms with Gasteiger partial charge in [0.25, 0.3) is 10.0 Å². The molecule has 2 atom stereocenters. The number of pyridine rings is 1. The summed E-state index contributed by atoms with van der Waals surface area (Å²) >= 11 is 0. The van der Waals surface area contributed by atoms with Crippen molar-refractivity contribution in [3.05, 3.63) is 24.4 Å². The Kier molecular flexibility index (Phi) is 2.41. The topological polar surface area (TPSA) is 80.7 Å². The third-order valence-corrected chi connectivity index (χ3v) is 6.38. The van der Waals surface area contributed by atoms with Gasteiger partial charge >= 0.3 is 0 Å². The SMILES string of the molecule is Nc1nc2ccccn2c1S(=O)(=O)N1CC2CCC1C2. The van der Waals surface area contributed by atoms with E-state index in [1.165, 1.54) is 0 Å². The molecule has 0 aromatic carbocycles. The number of hydrogen-bond donors (Lipinski definition) is 1. The van der Waals surface area contributed by atoms with Crippen molar-refractivity contribution in [1.29, 1.82) is 0 Å². The molecule has 1 aliphatic carbocycles. The number of hydrogen-bond acceptors (Lipinski definition) is 4. The first kappa shape index (κ1) is 12.2. The van der Waals surface area contributed by atoms with Crippen LogP contribution >= 0.6 is 0 Å². The summed E-state index contributed by atoms with van der Waals surface area (Å²) in [4.78, 5) is 4.15. The van der Waals surface area contributed by atoms with Gasteiger partial charge in [0.2, 0.25) is 0 Å². The third kappa shape index (κ3) is 1.53. The molecule has 2 bridgehead atoms. The lowest BCUT2D eigenvalue weighted by Crippen LogP contribution is -2.38. The Labute approximate surface area is 117 Å². The van der Waals surface area contributed by atoms with E-state index in [0.717, 1.165) is 19.3 Å². The molecule has 2 aromatic heterocycles. The van der Waals surface area contributed by atoms with Gasteiger partial charge in [0.1, 0.15) is 5.65 Å². The van der Waals surface area contributed by atoms with Gasteiger partial charge in [-0.25, -0.2) is 13.4 Å². The molecule has 3 heterocycles. The van der Waals surface area contributed by atoms with Crippen LogP contribution in [0.4, 0.5) is 5.82 Å². The van der Waals surface area contributed by atoms with Crippen LogP contribution in [0.2, 0.25) is 0 Å². The predicted octanol–water partition coefficient (Wildman–Crippen LogP) is 1.09. The second-order valence-electron chi connectivity index (χ2n) is 5.64. The van der Waals surface area contributed by atoms with Crippen LogP contribution in [0, 0.1) is 5.92 Å². The first-order valence-electron chi connectivity index (χ1n) is 6.82. The van der Waals surface area contributed by atoms with E-state index in [1.54, 1.807) is 27.0 Å². The molecule has 4 rings (SSSR count). The summed E-state index contributed by atoms with van der Waals surface area (Å²) in [5.74, 6) is 0.592. The van der Waals surface area contributed by atoms with Crippen LogP contribution < -0.4 is 5.73 Å². The Morgan fingerprint density at radius 3 is 2.85 bits per heavy atom. The summed E-state index contributed by atoms with van der Waals surface area (Å²) < 4.78 is 29.0. The van der Waals surface area contributed by atoms with Gasteiger partial charge in [-0.2, -0.15) is 4.31 Å². The second kappa shape index (κ2) is 3.95. The molecule has 6 nitrogen and oxygen atoms in total. The van der Waals surface area contributed by atoms with Crippen LogP contribution in [0.25, 0.3) is 5.65 Å². The molecular weight excluding hydrogens is 276 g/mol. The van der Waals surface area contributed by atoms with E-state index in [2.05, 4.69) is 4.98 Å². The highest BCUT2D eigenvalue weighted by atomic mass is 32.2. The number of sulfonamides is 1. The Morgan fingerprint density at radius 1 is 1.30 bits per heavy atom. The Bertz CT molecular complexity index is 783. The summed E-state index contributed by atoms with van der Waals surface area (Å²) in [5, 5.41) is 0.112. The average molecular weight is 292 g/mol.